The molecule has 64 nitrogen and oxygen atoms in total. The van der Waals surface area contributed by atoms with Crippen LogP contribution in [0, 0.1) is 0 Å². The molecule has 0 aliphatic carbocycles. The molecule has 146 heavy (non-hydrogen) atoms. The molecular weight excluding hydrogens is 2000 g/mol. The maximum absolute atomic E-state index is 14.0. The van der Waals surface area contributed by atoms with Crippen LogP contribution in [-0.2, 0) is 133 Å². The van der Waals surface area contributed by atoms with Gasteiger partial charge in [0.25, 0.3) is 0 Å². The Hall–Kier alpha value is -4.81. The van der Waals surface area contributed by atoms with Crippen LogP contribution in [0.3, 0.4) is 0 Å². The van der Waals surface area contributed by atoms with E-state index in [1.165, 1.54) is 13.8 Å². The molecule has 12 heterocycles. The van der Waals surface area contributed by atoms with Crippen molar-refractivity contribution in [1.82, 2.24) is 26.6 Å². The Morgan fingerprint density at radius 3 is 0.760 bits per heavy atom. The van der Waals surface area contributed by atoms with Crippen LogP contribution in [0.25, 0.3) is 0 Å². The molecule has 12 saturated heterocycles. The van der Waals surface area contributed by atoms with Crippen LogP contribution >= 0.6 is 0 Å². The van der Waals surface area contributed by atoms with Gasteiger partial charge in [-0.2, -0.15) is 0 Å². The van der Waals surface area contributed by atoms with Crippen molar-refractivity contribution in [1.29, 1.82) is 0 Å². The second-order valence-corrected chi connectivity index (χ2v) is 37.3. The van der Waals surface area contributed by atoms with Crippen LogP contribution in [0.2, 0.25) is 0 Å². The van der Waals surface area contributed by atoms with Crippen LogP contribution < -0.4 is 26.6 Å². The van der Waals surface area contributed by atoms with Gasteiger partial charge in [0, 0.05) is 34.6 Å². The summed E-state index contributed by atoms with van der Waals surface area (Å²) in [5, 5.41) is 365. The zero-order chi connectivity index (χ0) is 107. The fourth-order valence-corrected chi connectivity index (χ4v) is 19.2. The van der Waals surface area contributed by atoms with E-state index in [0.29, 0.717) is 0 Å². The first kappa shape index (κ1) is 120. The number of carbonyl (C=O) groups excluding carboxylic acids is 5. The molecule has 12 aliphatic heterocycles. The van der Waals surface area contributed by atoms with Gasteiger partial charge in [-0.25, -0.2) is 0 Å². The number of nitrogens with one attached hydrogen (secondary N) is 5. The molecule has 0 bridgehead atoms. The van der Waals surface area contributed by atoms with Gasteiger partial charge in [-0.05, 0) is 13.8 Å². The molecule has 64 heteroatoms. The third-order valence-corrected chi connectivity index (χ3v) is 27.0. The van der Waals surface area contributed by atoms with E-state index in [4.69, 9.17) is 109 Å². The summed E-state index contributed by atoms with van der Waals surface area (Å²) in [5.41, 5.74) is 0. The Morgan fingerprint density at radius 1 is 0.192 bits per heavy atom. The Balaban J connectivity index is 0.938. The molecule has 12 rings (SSSR count). The lowest BCUT2D eigenvalue weighted by molar-refractivity contribution is -0.402. The third kappa shape index (κ3) is 26.3. The lowest BCUT2D eigenvalue weighted by Crippen LogP contribution is -2.72. The Labute approximate surface area is 827 Å². The van der Waals surface area contributed by atoms with E-state index in [1.54, 1.807) is 0 Å². The van der Waals surface area contributed by atoms with Crippen molar-refractivity contribution in [2.75, 3.05) is 66.1 Å². The van der Waals surface area contributed by atoms with E-state index in [-0.39, 0.29) is 0 Å². The van der Waals surface area contributed by atoms with Crippen molar-refractivity contribution in [3.63, 3.8) is 0 Å². The van der Waals surface area contributed by atoms with Crippen LogP contribution in [-0.4, -0.2) is 622 Å². The van der Waals surface area contributed by atoms with Crippen molar-refractivity contribution < 1.29 is 291 Å². The minimum absolute atomic E-state index is 0.839. The normalized spacial score (nSPS) is 49.8. The molecular formula is C82H137N5O59. The van der Waals surface area contributed by atoms with Gasteiger partial charge in [0.2, 0.25) is 29.5 Å². The first-order valence-corrected chi connectivity index (χ1v) is 46.9. The zero-order valence-electron chi connectivity index (χ0n) is 79.0. The summed E-state index contributed by atoms with van der Waals surface area (Å²) in [6, 6.07) is -10.3. The topological polar surface area (TPSA) is 985 Å². The smallest absolute Gasteiger partial charge is 0.217 e. The van der Waals surface area contributed by atoms with Gasteiger partial charge in [-0.1, -0.05) is 0 Å². The predicted octanol–water partition coefficient (Wildman–Crippen LogP) is -24.4. The Morgan fingerprint density at radius 2 is 0.425 bits per heavy atom. The number of rotatable bonds is 37. The average molecular weight is 2140 g/mol. The molecule has 12 aliphatic rings. The highest BCUT2D eigenvalue weighted by Gasteiger charge is 2.65. The summed E-state index contributed by atoms with van der Waals surface area (Å²) >= 11 is 0. The molecule has 0 radical (unpaired) electrons. The van der Waals surface area contributed by atoms with Gasteiger partial charge in [0.15, 0.2) is 75.5 Å². The van der Waals surface area contributed by atoms with E-state index in [0.717, 1.165) is 34.6 Å². The van der Waals surface area contributed by atoms with E-state index in [1.807, 2.05) is 0 Å². The van der Waals surface area contributed by atoms with Crippen molar-refractivity contribution in [2.24, 2.45) is 0 Å². The molecule has 0 aromatic rings. The molecule has 36 N–H and O–H groups in total. The number of aliphatic hydroxyl groups is 31. The summed E-state index contributed by atoms with van der Waals surface area (Å²) in [5.74, 6) is -5.15. The van der Waals surface area contributed by atoms with Crippen molar-refractivity contribution in [3.8, 4) is 0 Å². The van der Waals surface area contributed by atoms with E-state index in [9.17, 15) is 182 Å². The molecule has 844 valence electrons. The number of amides is 5. The number of hydrogen-bond donors (Lipinski definition) is 36. The average Bonchev–Trinajstić information content (AvgIpc) is 0.756. The van der Waals surface area contributed by atoms with Gasteiger partial charge < -0.3 is 294 Å². The number of carbonyl (C=O) groups is 5. The monoisotopic (exact) mass is 2140 g/mol. The lowest BCUT2D eigenvalue weighted by atomic mass is 9.93. The maximum atomic E-state index is 14.0. The van der Waals surface area contributed by atoms with Crippen LogP contribution in [0.5, 0.6) is 0 Å². The number of ether oxygens (including phenoxy) is 23. The first-order chi connectivity index (χ1) is 69.0. The Bertz CT molecular complexity index is 4090. The Kier molecular flexibility index (Phi) is 42.8. The molecule has 60 atom stereocenters. The summed E-state index contributed by atoms with van der Waals surface area (Å²) < 4.78 is 140. The number of aliphatic hydroxyl groups excluding tert-OH is 31. The van der Waals surface area contributed by atoms with Gasteiger partial charge in [-0.15, -0.1) is 0 Å². The van der Waals surface area contributed by atoms with Crippen molar-refractivity contribution in [2.45, 2.75) is 417 Å². The summed E-state index contributed by atoms with van der Waals surface area (Å²) in [7, 11) is 0. The van der Waals surface area contributed by atoms with Crippen LogP contribution in [0.15, 0.2) is 0 Å². The van der Waals surface area contributed by atoms with E-state index >= 15 is 0 Å². The molecule has 0 spiro atoms. The van der Waals surface area contributed by atoms with Gasteiger partial charge >= 0.3 is 0 Å². The second-order valence-electron chi connectivity index (χ2n) is 37.3. The minimum atomic E-state index is -2.77. The SMILES string of the molecule is CC(=O)N[C@H]1[C@@H](O[C@H]2[C@@H](O)[C@@H](CO)O[C@@H](O[C@H]3[C@H](O)[C@@H](CO)O[C@@H](OC[C@H]4O[C@@H](O[C@H]5[C@H](O)[C@@H](CO)O[C@@H](O[C@H]6[C@@H](O)[C@@H](CO)O[C@@H](O[C@H]7[C@H](O)[C@@H](O)[C@H](O)O[C@@H]7CO)[C@@H]6O)[C@@H]5NC(C)=O)[C@H](O)[C@@H](O[C@@H]5O[C@H](CO)[C@@H](O)[C@H](O[C@@H]6O[C@H](CO)[C@H](O)[C@H](O[C@H]7O[C@H](CO)[C@H](O)[C@H](O)[C@H]7NC(C)=O)[C@H]6O[C@@H]6O[C@@H](C)[C@@H](O)[C@@H](O)[C@@H]6O)[C@H]5NC(C)=O)[C@H]4O)[C@@H]3NC(C)=O)[C@@H]2O[C@@H]2O[C@@H](C)[C@@H](O)[C@@H](O)[C@@H]2O)O[C@H](CO)[C@H](O)[C@@H]1O. The summed E-state index contributed by atoms with van der Waals surface area (Å²) in [4.78, 5) is 67.0. The second kappa shape index (κ2) is 52.2. The number of hydrogen-bond acceptors (Lipinski definition) is 59. The maximum Gasteiger partial charge on any atom is 0.217 e. The molecule has 0 saturated carbocycles. The fourth-order valence-electron chi connectivity index (χ4n) is 19.2. The highest BCUT2D eigenvalue weighted by molar-refractivity contribution is 5.75. The highest BCUT2D eigenvalue weighted by atomic mass is 16.8. The molecule has 0 unspecified atom stereocenters. The third-order valence-electron chi connectivity index (χ3n) is 27.0. The van der Waals surface area contributed by atoms with Crippen molar-refractivity contribution >= 4 is 29.5 Å². The van der Waals surface area contributed by atoms with Gasteiger partial charge in [-0.3, -0.25) is 24.0 Å². The largest absolute Gasteiger partial charge is 0.394 e. The van der Waals surface area contributed by atoms with E-state index in [2.05, 4.69) is 26.6 Å². The molecule has 0 aromatic carbocycles. The van der Waals surface area contributed by atoms with Crippen LogP contribution in [0.4, 0.5) is 0 Å². The zero-order valence-corrected chi connectivity index (χ0v) is 79.0. The van der Waals surface area contributed by atoms with Gasteiger partial charge in [0.05, 0.1) is 78.3 Å². The quantitative estimate of drug-likeness (QED) is 0.0275. The van der Waals surface area contributed by atoms with Gasteiger partial charge in [0.1, 0.15) is 280 Å². The molecule has 12 fully saturated rings. The molecule has 5 amide bonds. The molecule has 0 aromatic heterocycles. The van der Waals surface area contributed by atoms with Crippen molar-refractivity contribution in [3.05, 3.63) is 0 Å². The first-order valence-electron chi connectivity index (χ1n) is 46.9. The highest BCUT2D eigenvalue weighted by Crippen LogP contribution is 2.44. The standard InChI is InChI=1S/C82H137N5O59/c1-18-40(102)53(115)57(119)77(125-18)145-69-67(143-73-35(83-20(3)97)51(113)42(104)25(8-88)129-73)48(110)31(14-94)134-81(69)139-62-37(85-22(5)99)72(128-27(10-90)44(62)106)124-17-34-50(112)66(60(122)80(136-34)138-63-38(86-23(6)100)75(131-28(11-91)45(63)107)141-65-47(109)30(13-93)133-79(59(65)121)137-61-33(16-96)127-71(123)56(118)55(61)117)142-76-39(87-24(7)101)64(46(108)29(12-92)132-76)140-82-70(146-78-58(120)54(116)41(103)19(2)126-78)68(49(111)32(15-95)135-82)144-74-36(84-21(4)98)52(114)43(105)26(9-89)130-74/h18-19,25-82,88-96,102-123H,8-17H2,1-7H3,(H,83,97)(H,84,98)(H,85,99)(H,86,100)(H,87,101)/t18-,19-,25+,26+,27+,28+,29+,30+,31+,32+,33+,34+,35+,36+,37+,38+,39+,40+,41+,42-,43-,44+,45+,46+,47-,48-,49-,50-,51+,52+,53+,54+,55+,56+,57-,58-,59+,60+,61+,62+,63+,64+,65-,66-,67-,68-,69+,70+,71+,72+,73+,74+,75-,76-,77-,78-,79-,80-,81-,82-/m0/s1. The summed E-state index contributed by atoms with van der Waals surface area (Å²) in [6.45, 7) is -5.23. The minimum Gasteiger partial charge on any atom is -0.394 e. The fraction of sp³-hybridized carbons (Fsp3) is 0.939. The predicted molar refractivity (Wildman–Crippen MR) is 450 cm³/mol. The van der Waals surface area contributed by atoms with Crippen LogP contribution in [0.1, 0.15) is 48.5 Å². The summed E-state index contributed by atoms with van der Waals surface area (Å²) in [6.07, 6.45) is -120. The van der Waals surface area contributed by atoms with E-state index < -0.39 is 464 Å². The lowest BCUT2D eigenvalue weighted by Gasteiger charge is -2.52.